The molecule has 0 fully saturated rings. The zero-order valence-electron chi connectivity index (χ0n) is 12.5. The van der Waals surface area contributed by atoms with Gasteiger partial charge in [0.05, 0.1) is 0 Å². The van der Waals surface area contributed by atoms with Crippen molar-refractivity contribution in [2.24, 2.45) is 5.73 Å². The molecule has 0 aliphatic rings. The molecular weight excluding hydrogens is 280 g/mol. The van der Waals surface area contributed by atoms with Crippen LogP contribution in [0.25, 0.3) is 11.1 Å². The summed E-state index contributed by atoms with van der Waals surface area (Å²) >= 11 is 0. The van der Waals surface area contributed by atoms with E-state index in [2.05, 4.69) is 5.32 Å². The second-order valence-electron chi connectivity index (χ2n) is 4.95. The van der Waals surface area contributed by atoms with E-state index >= 15 is 0 Å². The summed E-state index contributed by atoms with van der Waals surface area (Å²) in [5.41, 5.74) is 7.77. The second-order valence-corrected chi connectivity index (χ2v) is 4.95. The van der Waals surface area contributed by atoms with Gasteiger partial charge in [0.2, 0.25) is 5.91 Å². The number of amides is 2. The molecule has 0 heterocycles. The molecule has 0 saturated carbocycles. The highest BCUT2D eigenvalue weighted by Gasteiger charge is 2.10. The third kappa shape index (κ3) is 4.09. The van der Waals surface area contributed by atoms with Gasteiger partial charge in [0.25, 0.3) is 5.91 Å². The first-order chi connectivity index (χ1) is 10.5. The smallest absolute Gasteiger partial charge is 0.258 e. The van der Waals surface area contributed by atoms with Gasteiger partial charge in [-0.15, -0.1) is 0 Å². The van der Waals surface area contributed by atoms with E-state index in [1.54, 1.807) is 13.0 Å². The van der Waals surface area contributed by atoms with Crippen molar-refractivity contribution >= 4 is 17.5 Å². The van der Waals surface area contributed by atoms with Crippen LogP contribution in [0.5, 0.6) is 5.75 Å². The van der Waals surface area contributed by atoms with E-state index in [-0.39, 0.29) is 5.91 Å². The van der Waals surface area contributed by atoms with Crippen LogP contribution in [0.2, 0.25) is 0 Å². The molecule has 0 saturated heterocycles. The monoisotopic (exact) mass is 298 g/mol. The number of anilines is 1. The van der Waals surface area contributed by atoms with Crippen molar-refractivity contribution in [2.75, 3.05) is 5.32 Å². The molecule has 0 aromatic heterocycles. The average molecular weight is 298 g/mol. The summed E-state index contributed by atoms with van der Waals surface area (Å²) in [6.07, 6.45) is -0.694. The summed E-state index contributed by atoms with van der Waals surface area (Å²) in [6, 6.07) is 14.8. The third-order valence-electron chi connectivity index (χ3n) is 3.06. The van der Waals surface area contributed by atoms with E-state index in [9.17, 15) is 9.59 Å². The molecule has 2 aromatic carbocycles. The van der Waals surface area contributed by atoms with Gasteiger partial charge in [0.1, 0.15) is 5.75 Å². The van der Waals surface area contributed by atoms with Crippen molar-refractivity contribution in [3.05, 3.63) is 48.5 Å². The van der Waals surface area contributed by atoms with E-state index in [1.807, 2.05) is 42.5 Å². The Balaban J connectivity index is 2.25. The zero-order valence-corrected chi connectivity index (χ0v) is 12.5. The van der Waals surface area contributed by atoms with Gasteiger partial charge in [-0.2, -0.15) is 0 Å². The highest BCUT2D eigenvalue weighted by Crippen LogP contribution is 2.26. The largest absolute Gasteiger partial charge is 0.481 e. The lowest BCUT2D eigenvalue weighted by molar-refractivity contribution is -0.124. The van der Waals surface area contributed by atoms with Gasteiger partial charge in [0, 0.05) is 12.6 Å². The standard InChI is InChI=1S/C17H18N2O3/c1-11(17(18)21)22-16-8-4-6-14(10-16)13-5-3-7-15(9-13)19-12(2)20/h3-11H,1-2H3,(H2,18,21)(H,19,20). The second kappa shape index (κ2) is 6.76. The Hall–Kier alpha value is -2.82. The van der Waals surface area contributed by atoms with Crippen molar-refractivity contribution in [1.29, 1.82) is 0 Å². The van der Waals surface area contributed by atoms with Crippen molar-refractivity contribution in [3.63, 3.8) is 0 Å². The summed E-state index contributed by atoms with van der Waals surface area (Å²) in [4.78, 5) is 22.2. The Kier molecular flexibility index (Phi) is 4.78. The number of nitrogens with two attached hydrogens (primary N) is 1. The number of benzene rings is 2. The van der Waals surface area contributed by atoms with E-state index in [1.165, 1.54) is 6.92 Å². The Morgan fingerprint density at radius 3 is 2.36 bits per heavy atom. The normalized spacial score (nSPS) is 11.5. The lowest BCUT2D eigenvalue weighted by Crippen LogP contribution is -2.30. The van der Waals surface area contributed by atoms with Gasteiger partial charge in [0.15, 0.2) is 6.10 Å². The fraction of sp³-hybridized carbons (Fsp3) is 0.176. The van der Waals surface area contributed by atoms with Gasteiger partial charge in [-0.25, -0.2) is 0 Å². The number of carbonyl (C=O) groups is 2. The summed E-state index contributed by atoms with van der Waals surface area (Å²) in [6.45, 7) is 3.07. The summed E-state index contributed by atoms with van der Waals surface area (Å²) in [5.74, 6) is -0.0729. The minimum atomic E-state index is -0.694. The van der Waals surface area contributed by atoms with Crippen LogP contribution >= 0.6 is 0 Å². The van der Waals surface area contributed by atoms with Gasteiger partial charge >= 0.3 is 0 Å². The molecule has 2 amide bonds. The molecule has 0 radical (unpaired) electrons. The molecule has 3 N–H and O–H groups in total. The van der Waals surface area contributed by atoms with Crippen molar-refractivity contribution in [3.8, 4) is 16.9 Å². The maximum atomic E-state index is 11.1. The van der Waals surface area contributed by atoms with Crippen LogP contribution in [0, 0.1) is 0 Å². The fourth-order valence-corrected chi connectivity index (χ4v) is 1.99. The zero-order chi connectivity index (χ0) is 16.1. The van der Waals surface area contributed by atoms with E-state index in [0.29, 0.717) is 5.75 Å². The Morgan fingerprint density at radius 1 is 1.09 bits per heavy atom. The predicted octanol–water partition coefficient (Wildman–Crippen LogP) is 2.56. The van der Waals surface area contributed by atoms with Gasteiger partial charge in [-0.05, 0) is 42.3 Å². The molecule has 1 atom stereocenters. The third-order valence-corrected chi connectivity index (χ3v) is 3.06. The first kappa shape index (κ1) is 15.6. The van der Waals surface area contributed by atoms with E-state index < -0.39 is 12.0 Å². The van der Waals surface area contributed by atoms with Crippen molar-refractivity contribution in [2.45, 2.75) is 20.0 Å². The topological polar surface area (TPSA) is 81.4 Å². The molecule has 0 bridgehead atoms. The Bertz CT molecular complexity index is 698. The molecule has 5 nitrogen and oxygen atoms in total. The minimum absolute atomic E-state index is 0.121. The molecule has 0 aliphatic carbocycles. The number of ether oxygens (including phenoxy) is 1. The van der Waals surface area contributed by atoms with E-state index in [4.69, 9.17) is 10.5 Å². The molecule has 0 aliphatic heterocycles. The van der Waals surface area contributed by atoms with Crippen LogP contribution < -0.4 is 15.8 Å². The molecule has 22 heavy (non-hydrogen) atoms. The molecule has 2 rings (SSSR count). The van der Waals surface area contributed by atoms with Gasteiger partial charge in [-0.1, -0.05) is 24.3 Å². The number of nitrogens with one attached hydrogen (secondary N) is 1. The van der Waals surface area contributed by atoms with Crippen LogP contribution in [0.1, 0.15) is 13.8 Å². The van der Waals surface area contributed by atoms with Crippen LogP contribution in [0.3, 0.4) is 0 Å². The van der Waals surface area contributed by atoms with Crippen LogP contribution in [-0.2, 0) is 9.59 Å². The number of carbonyl (C=O) groups excluding carboxylic acids is 2. The average Bonchev–Trinajstić information content (AvgIpc) is 2.47. The first-order valence-electron chi connectivity index (χ1n) is 6.90. The van der Waals surface area contributed by atoms with Crippen LogP contribution in [0.4, 0.5) is 5.69 Å². The minimum Gasteiger partial charge on any atom is -0.481 e. The summed E-state index contributed by atoms with van der Waals surface area (Å²) < 4.78 is 5.49. The molecule has 0 spiro atoms. The number of hydrogen-bond donors (Lipinski definition) is 2. The van der Waals surface area contributed by atoms with Crippen molar-refractivity contribution < 1.29 is 14.3 Å². The highest BCUT2D eigenvalue weighted by molar-refractivity contribution is 5.89. The molecule has 5 heteroatoms. The Labute approximate surface area is 129 Å². The molecular formula is C17H18N2O3. The van der Waals surface area contributed by atoms with Crippen molar-refractivity contribution in [1.82, 2.24) is 0 Å². The maximum Gasteiger partial charge on any atom is 0.258 e. The summed E-state index contributed by atoms with van der Waals surface area (Å²) in [7, 11) is 0. The SMILES string of the molecule is CC(=O)Nc1cccc(-c2cccc(OC(C)C(N)=O)c2)c1. The number of hydrogen-bond acceptors (Lipinski definition) is 3. The Morgan fingerprint density at radius 2 is 1.73 bits per heavy atom. The van der Waals surface area contributed by atoms with Gasteiger partial charge < -0.3 is 15.8 Å². The molecule has 114 valence electrons. The highest BCUT2D eigenvalue weighted by atomic mass is 16.5. The fourth-order valence-electron chi connectivity index (χ4n) is 1.99. The number of rotatable bonds is 5. The lowest BCUT2D eigenvalue weighted by Gasteiger charge is -2.12. The van der Waals surface area contributed by atoms with E-state index in [0.717, 1.165) is 16.8 Å². The predicted molar refractivity (Wildman–Crippen MR) is 85.5 cm³/mol. The maximum absolute atomic E-state index is 11.1. The van der Waals surface area contributed by atoms with Gasteiger partial charge in [-0.3, -0.25) is 9.59 Å². The quantitative estimate of drug-likeness (QED) is 0.890. The molecule has 1 unspecified atom stereocenters. The van der Waals surface area contributed by atoms with Crippen LogP contribution in [-0.4, -0.2) is 17.9 Å². The summed E-state index contributed by atoms with van der Waals surface area (Å²) in [5, 5.41) is 2.75. The molecule has 2 aromatic rings. The van der Waals surface area contributed by atoms with Crippen LogP contribution in [0.15, 0.2) is 48.5 Å². The lowest BCUT2D eigenvalue weighted by atomic mass is 10.0. The first-order valence-corrected chi connectivity index (χ1v) is 6.90. The number of primary amides is 1.